The summed E-state index contributed by atoms with van der Waals surface area (Å²) in [4.78, 5) is 5.67. The molecule has 2 aromatic rings. The second-order valence-electron chi connectivity index (χ2n) is 5.42. The molecule has 0 bridgehead atoms. The molecule has 3 nitrogen and oxygen atoms in total. The molecule has 0 spiro atoms. The predicted octanol–water partition coefficient (Wildman–Crippen LogP) is 3.09. The number of rotatable bonds is 4. The Balaban J connectivity index is 1.73. The fourth-order valence-electron chi connectivity index (χ4n) is 2.75. The van der Waals surface area contributed by atoms with Gasteiger partial charge in [-0.05, 0) is 31.5 Å². The minimum atomic E-state index is 0.226. The summed E-state index contributed by atoms with van der Waals surface area (Å²) >= 11 is 7.64. The lowest BCUT2D eigenvalue weighted by atomic mass is 9.86. The summed E-state index contributed by atoms with van der Waals surface area (Å²) in [6, 6.07) is 4.08. The molecule has 1 saturated heterocycles. The van der Waals surface area contributed by atoms with Crippen LogP contribution in [0.1, 0.15) is 23.9 Å². The number of thiophene rings is 1. The van der Waals surface area contributed by atoms with Crippen molar-refractivity contribution in [1.82, 2.24) is 14.9 Å². The SMILES string of the molecule is CC1(c2cncn2CCc2ccc(Cl)s2)CCNC1. The molecule has 1 fully saturated rings. The highest BCUT2D eigenvalue weighted by molar-refractivity contribution is 7.16. The van der Waals surface area contributed by atoms with E-state index in [0.717, 1.165) is 30.4 Å². The number of imidazole rings is 1. The maximum Gasteiger partial charge on any atom is 0.0948 e. The first-order chi connectivity index (χ1) is 9.17. The van der Waals surface area contributed by atoms with Gasteiger partial charge in [0.1, 0.15) is 0 Å². The molecule has 1 N–H and O–H groups in total. The van der Waals surface area contributed by atoms with Crippen molar-refractivity contribution in [2.45, 2.75) is 31.7 Å². The quantitative estimate of drug-likeness (QED) is 0.939. The summed E-state index contributed by atoms with van der Waals surface area (Å²) in [5.74, 6) is 0. The molecule has 3 rings (SSSR count). The van der Waals surface area contributed by atoms with E-state index in [1.54, 1.807) is 11.3 Å². The Morgan fingerprint density at radius 1 is 1.53 bits per heavy atom. The molecule has 0 aliphatic carbocycles. The maximum atomic E-state index is 5.97. The number of nitrogens with one attached hydrogen (secondary N) is 1. The van der Waals surface area contributed by atoms with Gasteiger partial charge in [-0.2, -0.15) is 0 Å². The van der Waals surface area contributed by atoms with E-state index in [2.05, 4.69) is 27.9 Å². The second kappa shape index (κ2) is 5.27. The van der Waals surface area contributed by atoms with Gasteiger partial charge in [0.15, 0.2) is 0 Å². The highest BCUT2D eigenvalue weighted by Gasteiger charge is 2.33. The first-order valence-electron chi connectivity index (χ1n) is 6.63. The van der Waals surface area contributed by atoms with E-state index < -0.39 is 0 Å². The number of aromatic nitrogens is 2. The molecule has 0 amide bonds. The Kier molecular flexibility index (Phi) is 3.65. The smallest absolute Gasteiger partial charge is 0.0948 e. The zero-order valence-electron chi connectivity index (χ0n) is 11.0. The summed E-state index contributed by atoms with van der Waals surface area (Å²) in [6.07, 6.45) is 6.18. The summed E-state index contributed by atoms with van der Waals surface area (Å²) in [5.41, 5.74) is 1.57. The molecule has 1 aliphatic rings. The van der Waals surface area contributed by atoms with E-state index in [9.17, 15) is 0 Å². The van der Waals surface area contributed by atoms with Crippen molar-refractivity contribution in [2.75, 3.05) is 13.1 Å². The van der Waals surface area contributed by atoms with Crippen LogP contribution in [0, 0.1) is 0 Å². The lowest BCUT2D eigenvalue weighted by Crippen LogP contribution is -2.28. The number of halogens is 1. The molecule has 0 aromatic carbocycles. The highest BCUT2D eigenvalue weighted by Crippen LogP contribution is 2.30. The fraction of sp³-hybridized carbons (Fsp3) is 0.500. The van der Waals surface area contributed by atoms with Crippen molar-refractivity contribution >= 4 is 22.9 Å². The van der Waals surface area contributed by atoms with Crippen LogP contribution in [0.3, 0.4) is 0 Å². The molecule has 3 heterocycles. The van der Waals surface area contributed by atoms with Crippen molar-refractivity contribution in [3.8, 4) is 0 Å². The van der Waals surface area contributed by atoms with E-state index in [4.69, 9.17) is 11.6 Å². The molecule has 0 saturated carbocycles. The predicted molar refractivity (Wildman–Crippen MR) is 80.1 cm³/mol. The minimum Gasteiger partial charge on any atom is -0.334 e. The third-order valence-electron chi connectivity index (χ3n) is 3.93. The summed E-state index contributed by atoms with van der Waals surface area (Å²) in [6.45, 7) is 5.44. The number of hydrogen-bond donors (Lipinski definition) is 1. The van der Waals surface area contributed by atoms with Crippen LogP contribution in [0.15, 0.2) is 24.7 Å². The molecule has 102 valence electrons. The van der Waals surface area contributed by atoms with Crippen molar-refractivity contribution in [3.63, 3.8) is 0 Å². The molecule has 1 unspecified atom stereocenters. The summed E-state index contributed by atoms with van der Waals surface area (Å²) < 4.78 is 3.16. The van der Waals surface area contributed by atoms with Gasteiger partial charge in [0.2, 0.25) is 0 Å². The fourth-order valence-corrected chi connectivity index (χ4v) is 3.83. The van der Waals surface area contributed by atoms with Crippen LogP contribution in [-0.4, -0.2) is 22.6 Å². The Bertz CT molecular complexity index is 555. The largest absolute Gasteiger partial charge is 0.334 e. The van der Waals surface area contributed by atoms with Crippen LogP contribution in [0.25, 0.3) is 0 Å². The zero-order chi connectivity index (χ0) is 13.3. The summed E-state index contributed by atoms with van der Waals surface area (Å²) in [5, 5.41) is 3.45. The standard InChI is InChI=1S/C14H18ClN3S/c1-14(5-6-16-9-14)12-8-17-10-18(12)7-4-11-2-3-13(15)19-11/h2-3,8,10,16H,4-7,9H2,1H3. The lowest BCUT2D eigenvalue weighted by Gasteiger charge is -2.24. The van der Waals surface area contributed by atoms with Crippen LogP contribution in [0.2, 0.25) is 4.34 Å². The third-order valence-corrected chi connectivity index (χ3v) is 5.22. The number of aryl methyl sites for hydroxylation is 2. The third kappa shape index (κ3) is 2.71. The number of nitrogens with zero attached hydrogens (tertiary/aromatic N) is 2. The van der Waals surface area contributed by atoms with E-state index in [0.29, 0.717) is 0 Å². The van der Waals surface area contributed by atoms with Crippen molar-refractivity contribution in [1.29, 1.82) is 0 Å². The monoisotopic (exact) mass is 295 g/mol. The first-order valence-corrected chi connectivity index (χ1v) is 7.82. The van der Waals surface area contributed by atoms with Gasteiger partial charge in [-0.15, -0.1) is 11.3 Å². The van der Waals surface area contributed by atoms with E-state index in [1.165, 1.54) is 17.0 Å². The van der Waals surface area contributed by atoms with Crippen molar-refractivity contribution < 1.29 is 0 Å². The average Bonchev–Trinajstić information content (AvgIpc) is 3.07. The normalized spacial score (nSPS) is 23.1. The van der Waals surface area contributed by atoms with Gasteiger partial charge in [0, 0.05) is 35.3 Å². The molecular formula is C14H18ClN3S. The maximum absolute atomic E-state index is 5.97. The lowest BCUT2D eigenvalue weighted by molar-refractivity contribution is 0.472. The van der Waals surface area contributed by atoms with Crippen LogP contribution in [0.4, 0.5) is 0 Å². The van der Waals surface area contributed by atoms with Gasteiger partial charge in [-0.25, -0.2) is 4.98 Å². The summed E-state index contributed by atoms with van der Waals surface area (Å²) in [7, 11) is 0. The Labute approximate surface area is 122 Å². The van der Waals surface area contributed by atoms with E-state index >= 15 is 0 Å². The number of hydrogen-bond acceptors (Lipinski definition) is 3. The topological polar surface area (TPSA) is 29.9 Å². The molecule has 19 heavy (non-hydrogen) atoms. The second-order valence-corrected chi connectivity index (χ2v) is 7.22. The molecular weight excluding hydrogens is 278 g/mol. The van der Waals surface area contributed by atoms with E-state index in [1.807, 2.05) is 18.6 Å². The van der Waals surface area contributed by atoms with Gasteiger partial charge in [0.25, 0.3) is 0 Å². The first kappa shape index (κ1) is 13.2. The van der Waals surface area contributed by atoms with Crippen LogP contribution < -0.4 is 5.32 Å². The van der Waals surface area contributed by atoms with Crippen LogP contribution >= 0.6 is 22.9 Å². The Morgan fingerprint density at radius 3 is 3.11 bits per heavy atom. The Hall–Kier alpha value is -0.840. The van der Waals surface area contributed by atoms with Gasteiger partial charge in [-0.1, -0.05) is 18.5 Å². The van der Waals surface area contributed by atoms with Gasteiger partial charge < -0.3 is 9.88 Å². The minimum absolute atomic E-state index is 0.226. The van der Waals surface area contributed by atoms with Crippen LogP contribution in [0.5, 0.6) is 0 Å². The van der Waals surface area contributed by atoms with Gasteiger partial charge in [-0.3, -0.25) is 0 Å². The molecule has 1 aliphatic heterocycles. The molecule has 0 radical (unpaired) electrons. The molecule has 5 heteroatoms. The molecule has 2 aromatic heterocycles. The van der Waals surface area contributed by atoms with Crippen LogP contribution in [-0.2, 0) is 18.4 Å². The van der Waals surface area contributed by atoms with Crippen molar-refractivity contribution in [3.05, 3.63) is 39.6 Å². The zero-order valence-corrected chi connectivity index (χ0v) is 12.6. The average molecular weight is 296 g/mol. The van der Waals surface area contributed by atoms with Crippen molar-refractivity contribution in [2.24, 2.45) is 0 Å². The van der Waals surface area contributed by atoms with Gasteiger partial charge in [0.05, 0.1) is 10.7 Å². The van der Waals surface area contributed by atoms with Gasteiger partial charge >= 0.3 is 0 Å². The van der Waals surface area contributed by atoms with E-state index in [-0.39, 0.29) is 5.41 Å². The highest BCUT2D eigenvalue weighted by atomic mass is 35.5. The molecule has 1 atom stereocenters. The Morgan fingerprint density at radius 2 is 2.42 bits per heavy atom.